The van der Waals surface area contributed by atoms with Crippen LogP contribution in [-0.2, 0) is 9.47 Å². The smallest absolute Gasteiger partial charge is 0.172 e. The molecule has 0 amide bonds. The molecule has 0 aromatic carbocycles. The van der Waals surface area contributed by atoms with Crippen molar-refractivity contribution in [1.82, 2.24) is 5.32 Å². The van der Waals surface area contributed by atoms with Crippen molar-refractivity contribution < 1.29 is 9.47 Å². The summed E-state index contributed by atoms with van der Waals surface area (Å²) in [5.74, 6) is 0. The SMILES string of the molecule is CCCCCCC(NCCC)C(OCC)OCC. The molecule has 0 radical (unpaired) electrons. The maximum absolute atomic E-state index is 5.71. The Bertz CT molecular complexity index is 159. The second-order valence-corrected chi connectivity index (χ2v) is 4.69. The molecule has 0 rings (SSSR count). The van der Waals surface area contributed by atoms with E-state index in [-0.39, 0.29) is 6.29 Å². The first-order valence-corrected chi connectivity index (χ1v) is 7.76. The Morgan fingerprint density at radius 3 is 2.00 bits per heavy atom. The van der Waals surface area contributed by atoms with E-state index in [1.54, 1.807) is 0 Å². The Hall–Kier alpha value is -0.120. The second kappa shape index (κ2) is 13.3. The number of hydrogen-bond acceptors (Lipinski definition) is 3. The molecule has 0 saturated heterocycles. The van der Waals surface area contributed by atoms with Gasteiger partial charge in [0.2, 0.25) is 0 Å². The van der Waals surface area contributed by atoms with Gasteiger partial charge in [-0.1, -0.05) is 39.5 Å². The highest BCUT2D eigenvalue weighted by Gasteiger charge is 2.20. The van der Waals surface area contributed by atoms with Crippen molar-refractivity contribution in [2.24, 2.45) is 0 Å². The summed E-state index contributed by atoms with van der Waals surface area (Å²) in [5, 5.41) is 3.57. The van der Waals surface area contributed by atoms with Gasteiger partial charge in [0.05, 0.1) is 6.04 Å². The van der Waals surface area contributed by atoms with Crippen molar-refractivity contribution in [3.8, 4) is 0 Å². The maximum atomic E-state index is 5.71. The van der Waals surface area contributed by atoms with Gasteiger partial charge >= 0.3 is 0 Å². The van der Waals surface area contributed by atoms with E-state index in [0.717, 1.165) is 19.4 Å². The van der Waals surface area contributed by atoms with Crippen molar-refractivity contribution in [3.63, 3.8) is 0 Å². The van der Waals surface area contributed by atoms with Gasteiger partial charge < -0.3 is 14.8 Å². The molecule has 1 atom stereocenters. The molecule has 3 heteroatoms. The Balaban J connectivity index is 4.13. The van der Waals surface area contributed by atoms with Crippen molar-refractivity contribution in [2.45, 2.75) is 78.6 Å². The molecule has 18 heavy (non-hydrogen) atoms. The van der Waals surface area contributed by atoms with Gasteiger partial charge in [-0.2, -0.15) is 0 Å². The minimum absolute atomic E-state index is 0.0897. The molecule has 0 aromatic rings. The van der Waals surface area contributed by atoms with Gasteiger partial charge in [0.15, 0.2) is 6.29 Å². The van der Waals surface area contributed by atoms with Gasteiger partial charge in [-0.15, -0.1) is 0 Å². The van der Waals surface area contributed by atoms with Crippen LogP contribution in [0.2, 0.25) is 0 Å². The van der Waals surface area contributed by atoms with Gasteiger partial charge in [-0.3, -0.25) is 0 Å². The molecule has 1 N–H and O–H groups in total. The van der Waals surface area contributed by atoms with E-state index in [2.05, 4.69) is 19.2 Å². The van der Waals surface area contributed by atoms with Crippen LogP contribution in [0.5, 0.6) is 0 Å². The lowest BCUT2D eigenvalue weighted by molar-refractivity contribution is -0.155. The summed E-state index contributed by atoms with van der Waals surface area (Å²) in [4.78, 5) is 0. The summed E-state index contributed by atoms with van der Waals surface area (Å²) < 4.78 is 11.4. The molecule has 0 bridgehead atoms. The number of nitrogens with one attached hydrogen (secondary N) is 1. The van der Waals surface area contributed by atoms with Crippen LogP contribution in [0.1, 0.15) is 66.2 Å². The average Bonchev–Trinajstić information content (AvgIpc) is 2.38. The van der Waals surface area contributed by atoms with Gasteiger partial charge in [-0.25, -0.2) is 0 Å². The van der Waals surface area contributed by atoms with Crippen LogP contribution in [0.3, 0.4) is 0 Å². The molecular formula is C15H33NO2. The summed E-state index contributed by atoms with van der Waals surface area (Å²) in [5.41, 5.74) is 0. The van der Waals surface area contributed by atoms with Gasteiger partial charge in [0, 0.05) is 13.2 Å². The number of unbranched alkanes of at least 4 members (excludes halogenated alkanes) is 3. The molecule has 0 saturated carbocycles. The lowest BCUT2D eigenvalue weighted by Crippen LogP contribution is -2.43. The largest absolute Gasteiger partial charge is 0.351 e. The van der Waals surface area contributed by atoms with E-state index in [1.807, 2.05) is 13.8 Å². The van der Waals surface area contributed by atoms with Crippen LogP contribution in [-0.4, -0.2) is 32.1 Å². The Morgan fingerprint density at radius 1 is 0.833 bits per heavy atom. The molecule has 0 spiro atoms. The molecular weight excluding hydrogens is 226 g/mol. The highest BCUT2D eigenvalue weighted by atomic mass is 16.7. The highest BCUT2D eigenvalue weighted by Crippen LogP contribution is 2.12. The predicted molar refractivity (Wildman–Crippen MR) is 77.9 cm³/mol. The third-order valence-corrected chi connectivity index (χ3v) is 3.02. The maximum Gasteiger partial charge on any atom is 0.172 e. The second-order valence-electron chi connectivity index (χ2n) is 4.69. The molecule has 110 valence electrons. The summed E-state index contributed by atoms with van der Waals surface area (Å²) in [7, 11) is 0. The van der Waals surface area contributed by atoms with Crippen molar-refractivity contribution in [3.05, 3.63) is 0 Å². The zero-order valence-electron chi connectivity index (χ0n) is 12.8. The van der Waals surface area contributed by atoms with Crippen LogP contribution in [0, 0.1) is 0 Å². The first-order valence-electron chi connectivity index (χ1n) is 7.76. The molecule has 0 aliphatic rings. The highest BCUT2D eigenvalue weighted by molar-refractivity contribution is 4.71. The summed E-state index contributed by atoms with van der Waals surface area (Å²) in [6.07, 6.45) is 7.38. The summed E-state index contributed by atoms with van der Waals surface area (Å²) >= 11 is 0. The quantitative estimate of drug-likeness (QED) is 0.404. The normalized spacial score (nSPS) is 13.2. The van der Waals surface area contributed by atoms with E-state index in [1.165, 1.54) is 25.7 Å². The molecule has 1 unspecified atom stereocenters. The lowest BCUT2D eigenvalue weighted by Gasteiger charge is -2.27. The Labute approximate surface area is 114 Å². The molecule has 0 aromatic heterocycles. The van der Waals surface area contributed by atoms with Crippen LogP contribution in [0.4, 0.5) is 0 Å². The van der Waals surface area contributed by atoms with Gasteiger partial charge in [-0.05, 0) is 33.2 Å². The predicted octanol–water partition coefficient (Wildman–Crippen LogP) is 3.72. The fourth-order valence-corrected chi connectivity index (χ4v) is 2.06. The van der Waals surface area contributed by atoms with Gasteiger partial charge in [0.1, 0.15) is 0 Å². The van der Waals surface area contributed by atoms with Crippen molar-refractivity contribution in [2.75, 3.05) is 19.8 Å². The number of ether oxygens (including phenoxy) is 2. The van der Waals surface area contributed by atoms with Crippen molar-refractivity contribution >= 4 is 0 Å². The molecule has 0 heterocycles. The van der Waals surface area contributed by atoms with Crippen molar-refractivity contribution in [1.29, 1.82) is 0 Å². The first kappa shape index (κ1) is 17.9. The van der Waals surface area contributed by atoms with Crippen LogP contribution < -0.4 is 5.32 Å². The standard InChI is InChI=1S/C15H33NO2/c1-5-9-10-11-12-14(16-13-6-2)15(17-7-3)18-8-4/h14-16H,5-13H2,1-4H3. The number of hydrogen-bond donors (Lipinski definition) is 1. The summed E-state index contributed by atoms with van der Waals surface area (Å²) in [6.45, 7) is 11.0. The fourth-order valence-electron chi connectivity index (χ4n) is 2.06. The minimum atomic E-state index is -0.0897. The summed E-state index contributed by atoms with van der Waals surface area (Å²) in [6, 6.07) is 0.335. The van der Waals surface area contributed by atoms with E-state index < -0.39 is 0 Å². The lowest BCUT2D eigenvalue weighted by atomic mass is 10.1. The average molecular weight is 259 g/mol. The van der Waals surface area contributed by atoms with E-state index in [4.69, 9.17) is 9.47 Å². The topological polar surface area (TPSA) is 30.5 Å². The third-order valence-electron chi connectivity index (χ3n) is 3.02. The third kappa shape index (κ3) is 8.90. The Kier molecular flexibility index (Phi) is 13.2. The first-order chi connectivity index (χ1) is 8.79. The molecule has 0 aliphatic heterocycles. The van der Waals surface area contributed by atoms with Crippen LogP contribution >= 0.6 is 0 Å². The molecule has 0 aliphatic carbocycles. The van der Waals surface area contributed by atoms with E-state index in [0.29, 0.717) is 19.3 Å². The molecule has 0 fully saturated rings. The number of rotatable bonds is 13. The monoisotopic (exact) mass is 259 g/mol. The fraction of sp³-hybridized carbons (Fsp3) is 1.00. The molecule has 3 nitrogen and oxygen atoms in total. The van der Waals surface area contributed by atoms with E-state index >= 15 is 0 Å². The zero-order valence-corrected chi connectivity index (χ0v) is 12.8. The minimum Gasteiger partial charge on any atom is -0.351 e. The zero-order chi connectivity index (χ0) is 13.6. The van der Waals surface area contributed by atoms with Crippen LogP contribution in [0.25, 0.3) is 0 Å². The van der Waals surface area contributed by atoms with Crippen LogP contribution in [0.15, 0.2) is 0 Å². The van der Waals surface area contributed by atoms with Gasteiger partial charge in [0.25, 0.3) is 0 Å². The van der Waals surface area contributed by atoms with E-state index in [9.17, 15) is 0 Å². The Morgan fingerprint density at radius 2 is 1.50 bits per heavy atom.